The molecular weight excluding hydrogens is 310 g/mol. The van der Waals surface area contributed by atoms with Gasteiger partial charge in [0.05, 0.1) is 19.3 Å². The molecule has 0 aromatic heterocycles. The van der Waals surface area contributed by atoms with E-state index in [-0.39, 0.29) is 18.0 Å². The van der Waals surface area contributed by atoms with Gasteiger partial charge in [-0.15, -0.1) is 0 Å². The van der Waals surface area contributed by atoms with Gasteiger partial charge >= 0.3 is 6.09 Å². The second kappa shape index (κ2) is 9.79. The third-order valence-corrected chi connectivity index (χ3v) is 4.56. The predicted molar refractivity (Wildman–Crippen MR) is 92.0 cm³/mol. The van der Waals surface area contributed by atoms with Crippen molar-refractivity contribution in [3.05, 3.63) is 12.7 Å². The van der Waals surface area contributed by atoms with Crippen LogP contribution in [0.3, 0.4) is 0 Å². The van der Waals surface area contributed by atoms with Gasteiger partial charge < -0.3 is 19.1 Å². The van der Waals surface area contributed by atoms with Gasteiger partial charge in [-0.3, -0.25) is 4.79 Å². The average Bonchev–Trinajstić information content (AvgIpc) is 2.60. The normalized spacial score (nSPS) is 17.9. The lowest BCUT2D eigenvalue weighted by Crippen LogP contribution is -2.46. The van der Waals surface area contributed by atoms with Gasteiger partial charge in [-0.25, -0.2) is 4.79 Å². The summed E-state index contributed by atoms with van der Waals surface area (Å²) in [5.41, 5.74) is -0.592. The number of morpholine rings is 1. The molecule has 2 atom stereocenters. The Morgan fingerprint density at radius 3 is 2.33 bits per heavy atom. The Bertz CT molecular complexity index is 427. The maximum absolute atomic E-state index is 12.4. The molecular formula is C18H31NO5. The molecule has 1 aliphatic heterocycles. The van der Waals surface area contributed by atoms with E-state index in [2.05, 4.69) is 6.58 Å². The number of nitrogens with zero attached hydrogens (tertiary/aromatic N) is 1. The van der Waals surface area contributed by atoms with Crippen molar-refractivity contribution in [2.75, 3.05) is 26.3 Å². The van der Waals surface area contributed by atoms with Crippen LogP contribution in [0.5, 0.6) is 0 Å². The number of rotatable bonds is 9. The van der Waals surface area contributed by atoms with E-state index in [1.807, 2.05) is 20.8 Å². The second-order valence-corrected chi connectivity index (χ2v) is 6.26. The third-order valence-electron chi connectivity index (χ3n) is 4.56. The van der Waals surface area contributed by atoms with Crippen LogP contribution in [0, 0.1) is 0 Å². The van der Waals surface area contributed by atoms with Crippen LogP contribution < -0.4 is 0 Å². The highest BCUT2D eigenvalue weighted by molar-refractivity contribution is 5.92. The van der Waals surface area contributed by atoms with Gasteiger partial charge in [0, 0.05) is 19.5 Å². The summed E-state index contributed by atoms with van der Waals surface area (Å²) in [4.78, 5) is 25.7. The minimum atomic E-state index is -0.592. The first-order valence-electron chi connectivity index (χ1n) is 8.74. The average molecular weight is 341 g/mol. The van der Waals surface area contributed by atoms with Crippen molar-refractivity contribution >= 4 is 11.9 Å². The molecule has 2 unspecified atom stereocenters. The molecule has 6 heteroatoms. The van der Waals surface area contributed by atoms with Crippen LogP contribution >= 0.6 is 0 Å². The number of hydrogen-bond acceptors (Lipinski definition) is 5. The molecule has 1 aliphatic rings. The van der Waals surface area contributed by atoms with E-state index in [0.717, 1.165) is 0 Å². The highest BCUT2D eigenvalue weighted by Gasteiger charge is 2.35. The van der Waals surface area contributed by atoms with Gasteiger partial charge in [0.1, 0.15) is 11.7 Å². The molecule has 138 valence electrons. The molecule has 0 aromatic carbocycles. The summed E-state index contributed by atoms with van der Waals surface area (Å²) in [5, 5.41) is 0. The first-order valence-corrected chi connectivity index (χ1v) is 8.74. The van der Waals surface area contributed by atoms with E-state index >= 15 is 0 Å². The third kappa shape index (κ3) is 5.91. The van der Waals surface area contributed by atoms with Crippen molar-refractivity contribution in [2.24, 2.45) is 0 Å². The fourth-order valence-electron chi connectivity index (χ4n) is 2.87. The van der Waals surface area contributed by atoms with Crippen molar-refractivity contribution in [3.63, 3.8) is 0 Å². The standard InChI is InChI=1S/C18H31NO5/c1-6-16(20)15(5)23-14(4)13-18(7-2,8-3)24-17(21)19-9-11-22-12-10-19/h6,14-15H,1,7-13H2,2-5H3. The monoisotopic (exact) mass is 341 g/mol. The van der Waals surface area contributed by atoms with Crippen LogP contribution in [0.2, 0.25) is 0 Å². The highest BCUT2D eigenvalue weighted by Crippen LogP contribution is 2.29. The molecule has 0 N–H and O–H groups in total. The lowest BCUT2D eigenvalue weighted by molar-refractivity contribution is -0.131. The Labute approximate surface area is 145 Å². The summed E-state index contributed by atoms with van der Waals surface area (Å²) >= 11 is 0. The Morgan fingerprint density at radius 2 is 1.83 bits per heavy atom. The smallest absolute Gasteiger partial charge is 0.410 e. The van der Waals surface area contributed by atoms with Crippen LogP contribution in [0.4, 0.5) is 4.79 Å². The summed E-state index contributed by atoms with van der Waals surface area (Å²) in [5.74, 6) is -0.147. The molecule has 6 nitrogen and oxygen atoms in total. The van der Waals surface area contributed by atoms with Gasteiger partial charge in [0.15, 0.2) is 5.78 Å². The van der Waals surface area contributed by atoms with Gasteiger partial charge in [0.25, 0.3) is 0 Å². The fourth-order valence-corrected chi connectivity index (χ4v) is 2.87. The molecule has 0 aliphatic carbocycles. The lowest BCUT2D eigenvalue weighted by atomic mass is 9.90. The second-order valence-electron chi connectivity index (χ2n) is 6.26. The molecule has 1 heterocycles. The molecule has 1 saturated heterocycles. The molecule has 0 bridgehead atoms. The summed E-state index contributed by atoms with van der Waals surface area (Å²) in [6.45, 7) is 13.3. The topological polar surface area (TPSA) is 65.1 Å². The lowest BCUT2D eigenvalue weighted by Gasteiger charge is -2.37. The number of carbonyl (C=O) groups excluding carboxylic acids is 2. The van der Waals surface area contributed by atoms with Crippen molar-refractivity contribution in [2.45, 2.75) is 64.8 Å². The summed E-state index contributed by atoms with van der Waals surface area (Å²) in [6.07, 6.45) is 2.14. The first kappa shape index (κ1) is 20.6. The number of ether oxygens (including phenoxy) is 3. The van der Waals surface area contributed by atoms with Crippen LogP contribution in [0.25, 0.3) is 0 Å². The highest BCUT2D eigenvalue weighted by atomic mass is 16.6. The molecule has 1 amide bonds. The van der Waals surface area contributed by atoms with E-state index in [9.17, 15) is 9.59 Å². The van der Waals surface area contributed by atoms with Crippen molar-refractivity contribution < 1.29 is 23.8 Å². The molecule has 0 saturated carbocycles. The Kier molecular flexibility index (Phi) is 8.42. The van der Waals surface area contributed by atoms with E-state index in [1.165, 1.54) is 6.08 Å². The largest absolute Gasteiger partial charge is 0.443 e. The van der Waals surface area contributed by atoms with Crippen molar-refractivity contribution in [1.29, 1.82) is 0 Å². The zero-order valence-electron chi connectivity index (χ0n) is 15.4. The van der Waals surface area contributed by atoms with Crippen LogP contribution in [-0.4, -0.2) is 60.9 Å². The Morgan fingerprint density at radius 1 is 1.25 bits per heavy atom. The van der Waals surface area contributed by atoms with E-state index < -0.39 is 11.7 Å². The minimum Gasteiger partial charge on any atom is -0.443 e. The summed E-state index contributed by atoms with van der Waals surface area (Å²) in [7, 11) is 0. The van der Waals surface area contributed by atoms with E-state index in [0.29, 0.717) is 45.6 Å². The van der Waals surface area contributed by atoms with Crippen molar-refractivity contribution in [1.82, 2.24) is 4.90 Å². The maximum atomic E-state index is 12.4. The quantitative estimate of drug-likeness (QED) is 0.603. The maximum Gasteiger partial charge on any atom is 0.410 e. The van der Waals surface area contributed by atoms with E-state index in [4.69, 9.17) is 14.2 Å². The molecule has 0 radical (unpaired) electrons. The summed E-state index contributed by atoms with van der Waals surface area (Å²) in [6, 6.07) is 0. The number of hydrogen-bond donors (Lipinski definition) is 0. The van der Waals surface area contributed by atoms with E-state index in [1.54, 1.807) is 11.8 Å². The van der Waals surface area contributed by atoms with Crippen molar-refractivity contribution in [3.8, 4) is 0 Å². The van der Waals surface area contributed by atoms with Crippen LogP contribution in [-0.2, 0) is 19.0 Å². The van der Waals surface area contributed by atoms with Gasteiger partial charge in [-0.05, 0) is 32.8 Å². The molecule has 1 rings (SSSR count). The minimum absolute atomic E-state index is 0.147. The molecule has 24 heavy (non-hydrogen) atoms. The summed E-state index contributed by atoms with van der Waals surface area (Å²) < 4.78 is 16.9. The zero-order valence-corrected chi connectivity index (χ0v) is 15.4. The number of carbonyl (C=O) groups is 2. The van der Waals surface area contributed by atoms with Gasteiger partial charge in [-0.1, -0.05) is 20.4 Å². The zero-order chi connectivity index (χ0) is 18.2. The van der Waals surface area contributed by atoms with Crippen LogP contribution in [0.1, 0.15) is 47.0 Å². The number of amides is 1. The first-order chi connectivity index (χ1) is 11.4. The predicted octanol–water partition coefficient (Wildman–Crippen LogP) is 2.95. The Hall–Kier alpha value is -1.40. The fraction of sp³-hybridized carbons (Fsp3) is 0.778. The number of ketones is 1. The van der Waals surface area contributed by atoms with Crippen LogP contribution in [0.15, 0.2) is 12.7 Å². The molecule has 1 fully saturated rings. The molecule has 0 spiro atoms. The van der Waals surface area contributed by atoms with Gasteiger partial charge in [-0.2, -0.15) is 0 Å². The SMILES string of the molecule is C=CC(=O)C(C)OC(C)CC(CC)(CC)OC(=O)N1CCOCC1. The Balaban J connectivity index is 2.66. The molecule has 0 aromatic rings. The van der Waals surface area contributed by atoms with Gasteiger partial charge in [0.2, 0.25) is 0 Å².